The summed E-state index contributed by atoms with van der Waals surface area (Å²) in [6, 6.07) is 6.94. The summed E-state index contributed by atoms with van der Waals surface area (Å²) in [5, 5.41) is 21.9. The number of nitrogens with zero attached hydrogens (tertiary/aromatic N) is 5. The SMILES string of the molecule is Cc1cnnc(-c2cc(C#N)c(N3CCNC(C4CC4)C3)nc2C2CC2)c1. The van der Waals surface area contributed by atoms with Gasteiger partial charge in [-0.15, -0.1) is 0 Å². The molecule has 2 aromatic rings. The van der Waals surface area contributed by atoms with E-state index < -0.39 is 0 Å². The molecule has 0 bridgehead atoms. The lowest BCUT2D eigenvalue weighted by atomic mass is 10.0. The van der Waals surface area contributed by atoms with Crippen LogP contribution >= 0.6 is 0 Å². The lowest BCUT2D eigenvalue weighted by Crippen LogP contribution is -2.52. The molecule has 0 aromatic carbocycles. The van der Waals surface area contributed by atoms with Crippen molar-refractivity contribution < 1.29 is 0 Å². The van der Waals surface area contributed by atoms with E-state index in [2.05, 4.69) is 26.5 Å². The molecule has 6 heteroatoms. The minimum atomic E-state index is 0.482. The zero-order valence-corrected chi connectivity index (χ0v) is 15.6. The number of aryl methyl sites for hydroxylation is 1. The van der Waals surface area contributed by atoms with Crippen LogP contribution in [0, 0.1) is 24.2 Å². The van der Waals surface area contributed by atoms with E-state index in [1.54, 1.807) is 6.20 Å². The van der Waals surface area contributed by atoms with Gasteiger partial charge in [0, 0.05) is 37.2 Å². The molecule has 2 saturated carbocycles. The highest BCUT2D eigenvalue weighted by Crippen LogP contribution is 2.44. The van der Waals surface area contributed by atoms with Crippen molar-refractivity contribution in [1.82, 2.24) is 20.5 Å². The fourth-order valence-corrected chi connectivity index (χ4v) is 4.09. The molecule has 2 aliphatic carbocycles. The number of hydrogen-bond acceptors (Lipinski definition) is 6. The second kappa shape index (κ2) is 6.58. The summed E-state index contributed by atoms with van der Waals surface area (Å²) in [4.78, 5) is 7.37. The van der Waals surface area contributed by atoms with E-state index in [0.29, 0.717) is 17.5 Å². The number of anilines is 1. The Kier molecular flexibility index (Phi) is 4.05. The van der Waals surface area contributed by atoms with Crippen LogP contribution in [0.4, 0.5) is 5.82 Å². The Morgan fingerprint density at radius 3 is 2.78 bits per heavy atom. The predicted molar refractivity (Wildman–Crippen MR) is 103 cm³/mol. The molecule has 1 aliphatic heterocycles. The van der Waals surface area contributed by atoms with Crippen LogP contribution in [0.25, 0.3) is 11.3 Å². The molecule has 5 rings (SSSR count). The monoisotopic (exact) mass is 360 g/mol. The Balaban J connectivity index is 1.56. The van der Waals surface area contributed by atoms with Crippen molar-refractivity contribution in [2.45, 2.75) is 44.6 Å². The van der Waals surface area contributed by atoms with Crippen molar-refractivity contribution in [3.63, 3.8) is 0 Å². The minimum absolute atomic E-state index is 0.482. The topological polar surface area (TPSA) is 77.7 Å². The summed E-state index contributed by atoms with van der Waals surface area (Å²) in [6.07, 6.45) is 6.73. The van der Waals surface area contributed by atoms with Gasteiger partial charge in [-0.1, -0.05) is 0 Å². The maximum Gasteiger partial charge on any atom is 0.146 e. The first kappa shape index (κ1) is 16.6. The quantitative estimate of drug-likeness (QED) is 0.903. The third kappa shape index (κ3) is 3.28. The average Bonchev–Trinajstić information content (AvgIpc) is 3.59. The summed E-state index contributed by atoms with van der Waals surface area (Å²) < 4.78 is 0. The van der Waals surface area contributed by atoms with Gasteiger partial charge in [-0.3, -0.25) is 0 Å². The highest BCUT2D eigenvalue weighted by molar-refractivity contribution is 5.70. The molecule has 1 atom stereocenters. The molecule has 1 saturated heterocycles. The molecule has 1 unspecified atom stereocenters. The molecule has 3 heterocycles. The molecule has 2 aromatic heterocycles. The van der Waals surface area contributed by atoms with E-state index in [9.17, 15) is 5.26 Å². The van der Waals surface area contributed by atoms with Crippen molar-refractivity contribution >= 4 is 5.82 Å². The molecule has 6 nitrogen and oxygen atoms in total. The number of hydrogen-bond donors (Lipinski definition) is 1. The normalized spacial score (nSPS) is 22.5. The third-order valence-corrected chi connectivity index (χ3v) is 5.88. The van der Waals surface area contributed by atoms with Gasteiger partial charge in [0.25, 0.3) is 0 Å². The van der Waals surface area contributed by atoms with E-state index >= 15 is 0 Å². The number of piperazine rings is 1. The summed E-state index contributed by atoms with van der Waals surface area (Å²) in [6.45, 7) is 4.82. The van der Waals surface area contributed by atoms with E-state index in [0.717, 1.165) is 66.7 Å². The molecule has 3 fully saturated rings. The van der Waals surface area contributed by atoms with Crippen LogP contribution in [-0.2, 0) is 0 Å². The van der Waals surface area contributed by atoms with Crippen molar-refractivity contribution in [2.24, 2.45) is 5.92 Å². The van der Waals surface area contributed by atoms with E-state index in [-0.39, 0.29) is 0 Å². The Labute approximate surface area is 159 Å². The minimum Gasteiger partial charge on any atom is -0.353 e. The van der Waals surface area contributed by atoms with Gasteiger partial charge in [0.1, 0.15) is 11.9 Å². The zero-order valence-electron chi connectivity index (χ0n) is 15.6. The summed E-state index contributed by atoms with van der Waals surface area (Å²) in [5.41, 5.74) is 4.60. The Bertz CT molecular complexity index is 909. The number of rotatable bonds is 4. The smallest absolute Gasteiger partial charge is 0.146 e. The number of nitriles is 1. The Hall–Kier alpha value is -2.52. The van der Waals surface area contributed by atoms with Gasteiger partial charge in [-0.05, 0) is 56.2 Å². The Morgan fingerprint density at radius 1 is 1.22 bits per heavy atom. The van der Waals surface area contributed by atoms with Crippen molar-refractivity contribution in [3.8, 4) is 17.3 Å². The summed E-state index contributed by atoms with van der Waals surface area (Å²) in [5.74, 6) is 2.13. The molecule has 3 aliphatic rings. The van der Waals surface area contributed by atoms with Crippen LogP contribution in [0.2, 0.25) is 0 Å². The number of nitrogens with one attached hydrogen (secondary N) is 1. The predicted octanol–water partition coefficient (Wildman–Crippen LogP) is 2.78. The zero-order chi connectivity index (χ0) is 18.4. The van der Waals surface area contributed by atoms with Crippen molar-refractivity contribution in [3.05, 3.63) is 35.2 Å². The van der Waals surface area contributed by atoms with Crippen LogP contribution < -0.4 is 10.2 Å². The van der Waals surface area contributed by atoms with Gasteiger partial charge in [0.2, 0.25) is 0 Å². The third-order valence-electron chi connectivity index (χ3n) is 5.88. The molecule has 138 valence electrons. The lowest BCUT2D eigenvalue weighted by Gasteiger charge is -2.35. The molecule has 1 N–H and O–H groups in total. The molecular weight excluding hydrogens is 336 g/mol. The number of aromatic nitrogens is 3. The van der Waals surface area contributed by atoms with Crippen LogP contribution in [0.15, 0.2) is 18.3 Å². The van der Waals surface area contributed by atoms with Crippen LogP contribution in [0.5, 0.6) is 0 Å². The Morgan fingerprint density at radius 2 is 2.07 bits per heavy atom. The fraction of sp³-hybridized carbons (Fsp3) is 0.524. The summed E-state index contributed by atoms with van der Waals surface area (Å²) in [7, 11) is 0. The van der Waals surface area contributed by atoms with Gasteiger partial charge in [-0.25, -0.2) is 4.98 Å². The fourth-order valence-electron chi connectivity index (χ4n) is 4.09. The largest absolute Gasteiger partial charge is 0.353 e. The second-order valence-corrected chi connectivity index (χ2v) is 8.14. The molecule has 0 radical (unpaired) electrons. The molecule has 0 spiro atoms. The van der Waals surface area contributed by atoms with Crippen molar-refractivity contribution in [1.29, 1.82) is 5.26 Å². The highest BCUT2D eigenvalue weighted by atomic mass is 15.2. The average molecular weight is 360 g/mol. The maximum absolute atomic E-state index is 9.84. The van der Waals surface area contributed by atoms with E-state index in [4.69, 9.17) is 4.98 Å². The van der Waals surface area contributed by atoms with E-state index in [1.807, 2.05) is 19.1 Å². The lowest BCUT2D eigenvalue weighted by molar-refractivity contribution is 0.417. The van der Waals surface area contributed by atoms with Crippen LogP contribution in [0.3, 0.4) is 0 Å². The number of pyridine rings is 1. The van der Waals surface area contributed by atoms with Gasteiger partial charge in [0.05, 0.1) is 23.1 Å². The highest BCUT2D eigenvalue weighted by Gasteiger charge is 2.36. The first-order valence-electron chi connectivity index (χ1n) is 9.96. The maximum atomic E-state index is 9.84. The van der Waals surface area contributed by atoms with Gasteiger partial charge < -0.3 is 10.2 Å². The van der Waals surface area contributed by atoms with E-state index in [1.165, 1.54) is 12.8 Å². The van der Waals surface area contributed by atoms with Gasteiger partial charge in [-0.2, -0.15) is 15.5 Å². The van der Waals surface area contributed by atoms with Gasteiger partial charge >= 0.3 is 0 Å². The van der Waals surface area contributed by atoms with Crippen LogP contribution in [-0.4, -0.2) is 40.9 Å². The molecular formula is C21H24N6. The van der Waals surface area contributed by atoms with Crippen LogP contribution in [0.1, 0.15) is 48.4 Å². The van der Waals surface area contributed by atoms with Gasteiger partial charge in [0.15, 0.2) is 0 Å². The molecule has 27 heavy (non-hydrogen) atoms. The summed E-state index contributed by atoms with van der Waals surface area (Å²) >= 11 is 0. The first-order valence-corrected chi connectivity index (χ1v) is 9.96. The first-order chi connectivity index (χ1) is 13.2. The van der Waals surface area contributed by atoms with Crippen molar-refractivity contribution in [2.75, 3.05) is 24.5 Å². The molecule has 0 amide bonds. The standard InChI is InChI=1S/C21H24N6/c1-13-8-18(26-24-11-13)17-9-16(10-22)21(25-20(17)15-4-5-15)27-7-6-23-19(12-27)14-2-3-14/h8-9,11,14-15,19,23H,2-7,12H2,1H3. The second-order valence-electron chi connectivity index (χ2n) is 8.14.